The SMILES string of the molecule is CCCC[C@H](c1cccc(OC)c1)N(C(C)=O)c1ccc(Cl)cc1.CCOC(=O)C1CCN(C)CC1. The maximum absolute atomic E-state index is 12.4. The van der Waals surface area contributed by atoms with Gasteiger partial charge in [0.15, 0.2) is 0 Å². The number of hydrogen-bond acceptors (Lipinski definition) is 5. The van der Waals surface area contributed by atoms with Crippen molar-refractivity contribution in [3.8, 4) is 5.75 Å². The number of benzene rings is 2. The van der Waals surface area contributed by atoms with Crippen LogP contribution in [0.1, 0.15) is 64.5 Å². The van der Waals surface area contributed by atoms with E-state index < -0.39 is 0 Å². The molecule has 1 aliphatic heterocycles. The van der Waals surface area contributed by atoms with Crippen LogP contribution in [0.15, 0.2) is 48.5 Å². The van der Waals surface area contributed by atoms with Crippen molar-refractivity contribution in [2.45, 2.75) is 58.9 Å². The number of likely N-dealkylation sites (tertiary alicyclic amines) is 1. The summed E-state index contributed by atoms with van der Waals surface area (Å²) in [4.78, 5) is 27.8. The molecule has 2 aromatic carbocycles. The first-order valence-electron chi connectivity index (χ1n) is 12.8. The number of unbranched alkanes of at least 4 members (excludes halogenated alkanes) is 1. The van der Waals surface area contributed by atoms with Gasteiger partial charge in [0, 0.05) is 17.6 Å². The number of methoxy groups -OCH3 is 1. The minimum atomic E-state index is -0.0290. The van der Waals surface area contributed by atoms with Gasteiger partial charge >= 0.3 is 5.97 Å². The zero-order valence-electron chi connectivity index (χ0n) is 22.3. The third-order valence-corrected chi connectivity index (χ3v) is 6.66. The Morgan fingerprint density at radius 1 is 1.11 bits per heavy atom. The number of nitrogens with zero attached hydrogens (tertiary/aromatic N) is 2. The maximum Gasteiger partial charge on any atom is 0.309 e. The van der Waals surface area contributed by atoms with Crippen molar-refractivity contribution < 1.29 is 19.1 Å². The molecule has 1 fully saturated rings. The van der Waals surface area contributed by atoms with E-state index in [-0.39, 0.29) is 23.8 Å². The summed E-state index contributed by atoms with van der Waals surface area (Å²) in [6.45, 7) is 8.15. The van der Waals surface area contributed by atoms with Crippen LogP contribution in [0.3, 0.4) is 0 Å². The summed E-state index contributed by atoms with van der Waals surface area (Å²) in [5.74, 6) is 0.960. The molecule has 0 unspecified atom stereocenters. The quantitative estimate of drug-likeness (QED) is 0.355. The monoisotopic (exact) mass is 516 g/mol. The number of amides is 1. The summed E-state index contributed by atoms with van der Waals surface area (Å²) in [5, 5.41) is 0.661. The molecule has 0 N–H and O–H groups in total. The molecule has 1 aliphatic rings. The van der Waals surface area contributed by atoms with Gasteiger partial charge in [-0.05, 0) is 88.3 Å². The molecule has 0 radical (unpaired) electrons. The second-order valence-electron chi connectivity index (χ2n) is 9.13. The fourth-order valence-corrected chi connectivity index (χ4v) is 4.50. The van der Waals surface area contributed by atoms with Crippen molar-refractivity contribution in [2.24, 2.45) is 5.92 Å². The number of anilines is 1. The molecule has 3 rings (SSSR count). The molecular formula is C29H41ClN2O4. The van der Waals surface area contributed by atoms with Gasteiger partial charge in [-0.15, -0.1) is 0 Å². The molecular weight excluding hydrogens is 476 g/mol. The van der Waals surface area contributed by atoms with Crippen molar-refractivity contribution in [1.82, 2.24) is 4.90 Å². The minimum Gasteiger partial charge on any atom is -0.497 e. The summed E-state index contributed by atoms with van der Waals surface area (Å²) >= 11 is 6.00. The summed E-state index contributed by atoms with van der Waals surface area (Å²) in [5.41, 5.74) is 1.93. The Labute approximate surface area is 221 Å². The number of rotatable bonds is 9. The van der Waals surface area contributed by atoms with Gasteiger partial charge in [-0.25, -0.2) is 0 Å². The van der Waals surface area contributed by atoms with Crippen LogP contribution >= 0.6 is 11.6 Å². The zero-order valence-corrected chi connectivity index (χ0v) is 23.1. The van der Waals surface area contributed by atoms with Crippen LogP contribution in [0.4, 0.5) is 5.69 Å². The van der Waals surface area contributed by atoms with Gasteiger partial charge in [0.1, 0.15) is 5.75 Å². The molecule has 0 saturated carbocycles. The Bertz CT molecular complexity index is 943. The first-order valence-corrected chi connectivity index (χ1v) is 13.2. The lowest BCUT2D eigenvalue weighted by Crippen LogP contribution is -2.34. The summed E-state index contributed by atoms with van der Waals surface area (Å²) in [6.07, 6.45) is 4.92. The average Bonchev–Trinajstić information content (AvgIpc) is 2.88. The van der Waals surface area contributed by atoms with Crippen LogP contribution in [0.25, 0.3) is 0 Å². The molecule has 1 amide bonds. The van der Waals surface area contributed by atoms with Crippen molar-refractivity contribution in [3.63, 3.8) is 0 Å². The summed E-state index contributed by atoms with van der Waals surface area (Å²) in [7, 11) is 3.74. The fraction of sp³-hybridized carbons (Fsp3) is 0.517. The maximum atomic E-state index is 12.4. The van der Waals surface area contributed by atoms with E-state index in [9.17, 15) is 9.59 Å². The van der Waals surface area contributed by atoms with Crippen LogP contribution in [0.2, 0.25) is 5.02 Å². The van der Waals surface area contributed by atoms with Gasteiger partial charge in [0.05, 0.1) is 25.7 Å². The third kappa shape index (κ3) is 9.14. The van der Waals surface area contributed by atoms with Crippen molar-refractivity contribution in [3.05, 3.63) is 59.1 Å². The molecule has 2 aromatic rings. The van der Waals surface area contributed by atoms with Gasteiger partial charge in [-0.3, -0.25) is 9.59 Å². The van der Waals surface area contributed by atoms with Gasteiger partial charge in [-0.1, -0.05) is 43.5 Å². The lowest BCUT2D eigenvalue weighted by atomic mass is 9.97. The highest BCUT2D eigenvalue weighted by molar-refractivity contribution is 6.30. The Kier molecular flexibility index (Phi) is 12.8. The largest absolute Gasteiger partial charge is 0.497 e. The number of ether oxygens (including phenoxy) is 2. The number of piperidine rings is 1. The van der Waals surface area contributed by atoms with Crippen LogP contribution in [0, 0.1) is 5.92 Å². The van der Waals surface area contributed by atoms with E-state index in [1.165, 1.54) is 0 Å². The van der Waals surface area contributed by atoms with E-state index in [0.29, 0.717) is 11.6 Å². The average molecular weight is 517 g/mol. The normalized spacial score (nSPS) is 14.8. The highest BCUT2D eigenvalue weighted by Crippen LogP contribution is 2.33. The topological polar surface area (TPSA) is 59.1 Å². The first-order chi connectivity index (χ1) is 17.3. The number of carbonyl (C=O) groups excluding carboxylic acids is 2. The molecule has 0 bridgehead atoms. The molecule has 1 saturated heterocycles. The molecule has 1 atom stereocenters. The van der Waals surface area contributed by atoms with Gasteiger partial charge < -0.3 is 19.3 Å². The molecule has 1 heterocycles. The molecule has 0 spiro atoms. The molecule has 198 valence electrons. The lowest BCUT2D eigenvalue weighted by molar-refractivity contribution is -0.149. The number of carbonyl (C=O) groups is 2. The summed E-state index contributed by atoms with van der Waals surface area (Å²) in [6, 6.07) is 15.3. The Hall–Kier alpha value is -2.57. The highest BCUT2D eigenvalue weighted by atomic mass is 35.5. The number of esters is 1. The van der Waals surface area contributed by atoms with E-state index in [0.717, 1.165) is 62.2 Å². The van der Waals surface area contributed by atoms with Gasteiger partial charge in [-0.2, -0.15) is 0 Å². The molecule has 7 heteroatoms. The number of hydrogen-bond donors (Lipinski definition) is 0. The number of halogens is 1. The van der Waals surface area contributed by atoms with Crippen LogP contribution in [0.5, 0.6) is 5.75 Å². The Balaban J connectivity index is 0.000000319. The van der Waals surface area contributed by atoms with E-state index in [4.69, 9.17) is 21.1 Å². The molecule has 0 aliphatic carbocycles. The minimum absolute atomic E-state index is 0.00870. The van der Waals surface area contributed by atoms with Crippen LogP contribution in [-0.2, 0) is 14.3 Å². The molecule has 36 heavy (non-hydrogen) atoms. The zero-order chi connectivity index (χ0) is 26.5. The van der Waals surface area contributed by atoms with E-state index in [2.05, 4.69) is 24.9 Å². The third-order valence-electron chi connectivity index (χ3n) is 6.40. The summed E-state index contributed by atoms with van der Waals surface area (Å²) < 4.78 is 10.3. The predicted molar refractivity (Wildman–Crippen MR) is 147 cm³/mol. The smallest absolute Gasteiger partial charge is 0.309 e. The van der Waals surface area contributed by atoms with Gasteiger partial charge in [0.25, 0.3) is 0 Å². The highest BCUT2D eigenvalue weighted by Gasteiger charge is 2.25. The second kappa shape index (κ2) is 15.5. The van der Waals surface area contributed by atoms with Gasteiger partial charge in [0.2, 0.25) is 5.91 Å². The Morgan fingerprint density at radius 2 is 1.78 bits per heavy atom. The van der Waals surface area contributed by atoms with Crippen LogP contribution in [-0.4, -0.2) is 50.6 Å². The molecule has 0 aromatic heterocycles. The lowest BCUT2D eigenvalue weighted by Gasteiger charge is -2.32. The van der Waals surface area contributed by atoms with E-state index in [1.807, 2.05) is 54.3 Å². The van der Waals surface area contributed by atoms with Crippen molar-refractivity contribution in [1.29, 1.82) is 0 Å². The predicted octanol–water partition coefficient (Wildman–Crippen LogP) is 6.52. The van der Waals surface area contributed by atoms with Crippen molar-refractivity contribution >= 4 is 29.2 Å². The first kappa shape index (κ1) is 29.7. The van der Waals surface area contributed by atoms with E-state index >= 15 is 0 Å². The van der Waals surface area contributed by atoms with Crippen molar-refractivity contribution in [2.75, 3.05) is 38.8 Å². The standard InChI is InChI=1S/C20H24ClNO2.C9H17NO2/c1-4-5-9-20(16-7-6-8-19(14-16)24-3)22(15(2)23)18-12-10-17(21)11-13-18;1-3-12-9(11)8-4-6-10(2)7-5-8/h6-8,10-14,20H,4-5,9H2,1-3H3;8H,3-7H2,1-2H3/t20-;/m1./s1. The Morgan fingerprint density at radius 3 is 2.33 bits per heavy atom. The molecule has 6 nitrogen and oxygen atoms in total. The fourth-order valence-electron chi connectivity index (χ4n) is 4.38. The second-order valence-corrected chi connectivity index (χ2v) is 9.57. The van der Waals surface area contributed by atoms with Crippen LogP contribution < -0.4 is 9.64 Å². The van der Waals surface area contributed by atoms with E-state index in [1.54, 1.807) is 14.0 Å².